The number of carbonyl (C=O) groups excluding carboxylic acids is 1. The summed E-state index contributed by atoms with van der Waals surface area (Å²) in [4.78, 5) is 14.8. The van der Waals surface area contributed by atoms with Crippen LogP contribution in [0.3, 0.4) is 0 Å². The minimum absolute atomic E-state index is 0.100. The zero-order chi connectivity index (χ0) is 15.2. The predicted molar refractivity (Wildman–Crippen MR) is 85.9 cm³/mol. The van der Waals surface area contributed by atoms with E-state index in [0.717, 1.165) is 19.4 Å². The van der Waals surface area contributed by atoms with E-state index in [0.29, 0.717) is 19.0 Å². The van der Waals surface area contributed by atoms with Gasteiger partial charge in [0.2, 0.25) is 5.91 Å². The molecule has 2 rings (SSSR count). The second-order valence-corrected chi connectivity index (χ2v) is 6.18. The zero-order valence-corrected chi connectivity index (χ0v) is 13.1. The van der Waals surface area contributed by atoms with Gasteiger partial charge in [-0.05, 0) is 38.8 Å². The highest BCUT2D eigenvalue weighted by molar-refractivity contribution is 5.79. The fraction of sp³-hybridized carbons (Fsp3) is 0.588. The van der Waals surface area contributed by atoms with E-state index in [4.69, 9.17) is 5.73 Å². The van der Waals surface area contributed by atoms with Crippen LogP contribution in [0.4, 0.5) is 0 Å². The fourth-order valence-electron chi connectivity index (χ4n) is 2.92. The number of nitrogens with zero attached hydrogens (tertiary/aromatic N) is 1. The standard InChI is InChI=1S/C17H27N3O/c1-13-10-16(8-9-20(13)2)19-17(21)15(12-18)11-14-6-4-3-5-7-14/h3-7,13,15-16H,8-12,18H2,1-2H3,(H,19,21). The van der Waals surface area contributed by atoms with E-state index in [2.05, 4.69) is 24.2 Å². The highest BCUT2D eigenvalue weighted by Gasteiger charge is 2.26. The van der Waals surface area contributed by atoms with Gasteiger partial charge in [0, 0.05) is 25.2 Å². The Hall–Kier alpha value is -1.39. The van der Waals surface area contributed by atoms with Gasteiger partial charge >= 0.3 is 0 Å². The molecular weight excluding hydrogens is 262 g/mol. The van der Waals surface area contributed by atoms with Gasteiger partial charge in [-0.25, -0.2) is 0 Å². The maximum Gasteiger partial charge on any atom is 0.224 e. The first-order valence-corrected chi connectivity index (χ1v) is 7.84. The van der Waals surface area contributed by atoms with Gasteiger partial charge in [-0.2, -0.15) is 0 Å². The summed E-state index contributed by atoms with van der Waals surface area (Å²) in [5.41, 5.74) is 6.97. The Morgan fingerprint density at radius 1 is 1.43 bits per heavy atom. The van der Waals surface area contributed by atoms with Crippen LogP contribution in [-0.4, -0.2) is 43.0 Å². The smallest absolute Gasteiger partial charge is 0.224 e. The molecule has 0 saturated carbocycles. The average Bonchev–Trinajstić information content (AvgIpc) is 2.49. The second kappa shape index (κ2) is 7.57. The van der Waals surface area contributed by atoms with Crippen molar-refractivity contribution in [3.8, 4) is 0 Å². The number of rotatable bonds is 5. The number of carbonyl (C=O) groups is 1. The van der Waals surface area contributed by atoms with Crippen molar-refractivity contribution in [3.63, 3.8) is 0 Å². The largest absolute Gasteiger partial charge is 0.353 e. The Labute approximate surface area is 127 Å². The maximum atomic E-state index is 12.4. The minimum atomic E-state index is -0.137. The van der Waals surface area contributed by atoms with Crippen molar-refractivity contribution >= 4 is 5.91 Å². The number of amides is 1. The molecule has 3 atom stereocenters. The SMILES string of the molecule is CC1CC(NC(=O)C(CN)Cc2ccccc2)CCN1C. The molecule has 1 fully saturated rings. The van der Waals surface area contributed by atoms with Crippen LogP contribution in [0.1, 0.15) is 25.3 Å². The van der Waals surface area contributed by atoms with Crippen molar-refractivity contribution in [1.82, 2.24) is 10.2 Å². The van der Waals surface area contributed by atoms with E-state index in [9.17, 15) is 4.79 Å². The molecule has 0 aliphatic carbocycles. The van der Waals surface area contributed by atoms with Crippen LogP contribution in [0.25, 0.3) is 0 Å². The molecule has 1 saturated heterocycles. The summed E-state index contributed by atoms with van der Waals surface area (Å²) in [6.07, 6.45) is 2.76. The normalized spacial score (nSPS) is 24.5. The van der Waals surface area contributed by atoms with Gasteiger partial charge in [-0.15, -0.1) is 0 Å². The minimum Gasteiger partial charge on any atom is -0.353 e. The van der Waals surface area contributed by atoms with Crippen molar-refractivity contribution in [3.05, 3.63) is 35.9 Å². The lowest BCUT2D eigenvalue weighted by Gasteiger charge is -2.35. The Morgan fingerprint density at radius 2 is 2.14 bits per heavy atom. The lowest BCUT2D eigenvalue weighted by atomic mass is 9.95. The van der Waals surface area contributed by atoms with Crippen LogP contribution in [0.15, 0.2) is 30.3 Å². The van der Waals surface area contributed by atoms with Gasteiger partial charge in [0.05, 0.1) is 5.92 Å². The first kappa shape index (κ1) is 16.0. The third-order valence-electron chi connectivity index (χ3n) is 4.53. The van der Waals surface area contributed by atoms with Gasteiger partial charge < -0.3 is 16.0 Å². The Kier molecular flexibility index (Phi) is 5.76. The predicted octanol–water partition coefficient (Wildman–Crippen LogP) is 1.40. The maximum absolute atomic E-state index is 12.4. The summed E-state index contributed by atoms with van der Waals surface area (Å²) in [5.74, 6) is -0.0366. The van der Waals surface area contributed by atoms with Crippen molar-refractivity contribution in [1.29, 1.82) is 0 Å². The van der Waals surface area contributed by atoms with Crippen LogP contribution < -0.4 is 11.1 Å². The summed E-state index contributed by atoms with van der Waals surface area (Å²) < 4.78 is 0. The molecule has 0 bridgehead atoms. The summed E-state index contributed by atoms with van der Waals surface area (Å²) in [6.45, 7) is 3.64. The zero-order valence-electron chi connectivity index (χ0n) is 13.1. The van der Waals surface area contributed by atoms with Crippen molar-refractivity contribution in [2.45, 2.75) is 38.3 Å². The quantitative estimate of drug-likeness (QED) is 0.861. The summed E-state index contributed by atoms with van der Waals surface area (Å²) in [5, 5.41) is 3.20. The van der Waals surface area contributed by atoms with E-state index in [1.165, 1.54) is 5.56 Å². The van der Waals surface area contributed by atoms with Gasteiger partial charge in [0.15, 0.2) is 0 Å². The summed E-state index contributed by atoms with van der Waals surface area (Å²) in [6, 6.07) is 10.9. The molecule has 3 N–H and O–H groups in total. The number of nitrogens with two attached hydrogens (primary N) is 1. The van der Waals surface area contributed by atoms with Crippen LogP contribution in [0, 0.1) is 5.92 Å². The lowest BCUT2D eigenvalue weighted by molar-refractivity contribution is -0.125. The third kappa shape index (κ3) is 4.55. The fourth-order valence-corrected chi connectivity index (χ4v) is 2.92. The highest BCUT2D eigenvalue weighted by Crippen LogP contribution is 2.16. The Balaban J connectivity index is 1.88. The molecule has 3 unspecified atom stereocenters. The molecule has 116 valence electrons. The highest BCUT2D eigenvalue weighted by atomic mass is 16.1. The lowest BCUT2D eigenvalue weighted by Crippen LogP contribution is -2.49. The number of piperidine rings is 1. The molecule has 4 heteroatoms. The van der Waals surface area contributed by atoms with E-state index in [1.807, 2.05) is 30.3 Å². The van der Waals surface area contributed by atoms with Gasteiger partial charge in [0.1, 0.15) is 0 Å². The molecular formula is C17H27N3O. The van der Waals surface area contributed by atoms with Crippen LogP contribution >= 0.6 is 0 Å². The third-order valence-corrected chi connectivity index (χ3v) is 4.53. The van der Waals surface area contributed by atoms with E-state index in [1.54, 1.807) is 0 Å². The van der Waals surface area contributed by atoms with E-state index < -0.39 is 0 Å². The Bertz CT molecular complexity index is 449. The number of hydrogen-bond acceptors (Lipinski definition) is 3. The number of nitrogens with one attached hydrogen (secondary N) is 1. The molecule has 1 aliphatic rings. The van der Waals surface area contributed by atoms with Gasteiger partial charge in [-0.1, -0.05) is 30.3 Å². The molecule has 0 aromatic heterocycles. The van der Waals surface area contributed by atoms with E-state index >= 15 is 0 Å². The monoisotopic (exact) mass is 289 g/mol. The number of hydrogen-bond donors (Lipinski definition) is 2. The molecule has 1 aromatic rings. The molecule has 0 radical (unpaired) electrons. The van der Waals surface area contributed by atoms with Crippen LogP contribution in [-0.2, 0) is 11.2 Å². The summed E-state index contributed by atoms with van der Waals surface area (Å²) >= 11 is 0. The molecule has 1 aliphatic heterocycles. The molecule has 1 amide bonds. The average molecular weight is 289 g/mol. The topological polar surface area (TPSA) is 58.4 Å². The second-order valence-electron chi connectivity index (χ2n) is 6.18. The van der Waals surface area contributed by atoms with Gasteiger partial charge in [-0.3, -0.25) is 4.79 Å². The van der Waals surface area contributed by atoms with Crippen molar-refractivity contribution < 1.29 is 4.79 Å². The summed E-state index contributed by atoms with van der Waals surface area (Å²) in [7, 11) is 2.14. The molecule has 21 heavy (non-hydrogen) atoms. The van der Waals surface area contributed by atoms with Crippen LogP contribution in [0.2, 0.25) is 0 Å². The van der Waals surface area contributed by atoms with Gasteiger partial charge in [0.25, 0.3) is 0 Å². The first-order valence-electron chi connectivity index (χ1n) is 7.84. The molecule has 1 heterocycles. The molecule has 1 aromatic carbocycles. The van der Waals surface area contributed by atoms with Crippen molar-refractivity contribution in [2.24, 2.45) is 11.7 Å². The molecule has 4 nitrogen and oxygen atoms in total. The van der Waals surface area contributed by atoms with Crippen LogP contribution in [0.5, 0.6) is 0 Å². The first-order chi connectivity index (χ1) is 10.1. The van der Waals surface area contributed by atoms with E-state index in [-0.39, 0.29) is 17.9 Å². The Morgan fingerprint density at radius 3 is 2.76 bits per heavy atom. The molecule has 0 spiro atoms. The number of likely N-dealkylation sites (tertiary alicyclic amines) is 1. The van der Waals surface area contributed by atoms with Crippen molar-refractivity contribution in [2.75, 3.05) is 20.1 Å². The number of benzene rings is 1.